The number of methoxy groups -OCH3 is 2. The van der Waals surface area contributed by atoms with Crippen molar-refractivity contribution in [3.63, 3.8) is 0 Å². The highest BCUT2D eigenvalue weighted by Crippen LogP contribution is 2.30. The van der Waals surface area contributed by atoms with Crippen molar-refractivity contribution in [3.05, 3.63) is 52.5 Å². The van der Waals surface area contributed by atoms with E-state index in [0.717, 1.165) is 15.7 Å². The van der Waals surface area contributed by atoms with Crippen molar-refractivity contribution in [2.45, 2.75) is 0 Å². The monoisotopic (exact) mass is 319 g/mol. The molecule has 2 aromatic rings. The average Bonchev–Trinajstić information content (AvgIpc) is 2.46. The molecule has 0 heterocycles. The van der Waals surface area contributed by atoms with Crippen LogP contribution in [0.3, 0.4) is 0 Å². The molecule has 19 heavy (non-hydrogen) atoms. The summed E-state index contributed by atoms with van der Waals surface area (Å²) in [5, 5.41) is 0. The fraction of sp³-hybridized carbons (Fsp3) is 0.133. The van der Waals surface area contributed by atoms with Gasteiger partial charge in [-0.2, -0.15) is 0 Å². The number of nitrogens with zero attached hydrogens (tertiary/aromatic N) is 1. The summed E-state index contributed by atoms with van der Waals surface area (Å²) in [4.78, 5) is 4.41. The van der Waals surface area contributed by atoms with Crippen LogP contribution in [-0.2, 0) is 0 Å². The summed E-state index contributed by atoms with van der Waals surface area (Å²) in [5.41, 5.74) is 1.86. The highest BCUT2D eigenvalue weighted by Gasteiger charge is 2.03. The Labute approximate surface area is 121 Å². The molecule has 0 saturated carbocycles. The Kier molecular flexibility index (Phi) is 4.58. The second kappa shape index (κ2) is 6.38. The van der Waals surface area contributed by atoms with E-state index in [-0.39, 0.29) is 0 Å². The number of hydrogen-bond donors (Lipinski definition) is 0. The number of aliphatic imine (C=N–C) groups is 1. The highest BCUT2D eigenvalue weighted by atomic mass is 79.9. The molecule has 2 aromatic carbocycles. The van der Waals surface area contributed by atoms with E-state index in [1.807, 2.05) is 48.7 Å². The molecule has 0 saturated heterocycles. The van der Waals surface area contributed by atoms with E-state index in [1.54, 1.807) is 14.2 Å². The first-order chi connectivity index (χ1) is 9.22. The first-order valence-electron chi connectivity index (χ1n) is 5.74. The molecule has 4 heteroatoms. The third-order valence-corrected chi connectivity index (χ3v) is 3.13. The summed E-state index contributed by atoms with van der Waals surface area (Å²) in [6.45, 7) is 0. The molecule has 0 aliphatic rings. The minimum Gasteiger partial charge on any atom is -0.493 e. The third kappa shape index (κ3) is 3.58. The van der Waals surface area contributed by atoms with Gasteiger partial charge in [0, 0.05) is 16.8 Å². The van der Waals surface area contributed by atoms with Crippen LogP contribution in [-0.4, -0.2) is 20.4 Å². The van der Waals surface area contributed by atoms with Gasteiger partial charge in [0.15, 0.2) is 11.5 Å². The normalized spacial score (nSPS) is 10.7. The summed E-state index contributed by atoms with van der Waals surface area (Å²) in [6, 6.07) is 13.5. The standard InChI is InChI=1S/C15H14BrNO2/c1-18-14-8-7-13(9-15(14)19-2)17-10-11-3-5-12(16)6-4-11/h3-10H,1-2H3. The lowest BCUT2D eigenvalue weighted by molar-refractivity contribution is 0.355. The van der Waals surface area contributed by atoms with Crippen LogP contribution < -0.4 is 9.47 Å². The van der Waals surface area contributed by atoms with Gasteiger partial charge in [0.1, 0.15) is 0 Å². The van der Waals surface area contributed by atoms with Crippen LogP contribution in [0.2, 0.25) is 0 Å². The van der Waals surface area contributed by atoms with Gasteiger partial charge in [0.25, 0.3) is 0 Å². The molecule has 3 nitrogen and oxygen atoms in total. The van der Waals surface area contributed by atoms with Crippen molar-refractivity contribution in [3.8, 4) is 11.5 Å². The Morgan fingerprint density at radius 2 is 1.63 bits per heavy atom. The first kappa shape index (κ1) is 13.6. The van der Waals surface area contributed by atoms with Gasteiger partial charge >= 0.3 is 0 Å². The summed E-state index contributed by atoms with van der Waals surface area (Å²) >= 11 is 3.40. The third-order valence-electron chi connectivity index (χ3n) is 2.60. The molecule has 0 radical (unpaired) electrons. The summed E-state index contributed by atoms with van der Waals surface area (Å²) < 4.78 is 11.5. The Morgan fingerprint density at radius 1 is 0.947 bits per heavy atom. The van der Waals surface area contributed by atoms with E-state index < -0.39 is 0 Å². The van der Waals surface area contributed by atoms with Gasteiger partial charge in [-0.25, -0.2) is 0 Å². The van der Waals surface area contributed by atoms with Crippen molar-refractivity contribution in [1.82, 2.24) is 0 Å². The number of benzene rings is 2. The van der Waals surface area contributed by atoms with Crippen LogP contribution in [0.4, 0.5) is 5.69 Å². The number of rotatable bonds is 4. The van der Waals surface area contributed by atoms with Gasteiger partial charge in [-0.3, -0.25) is 4.99 Å². The molecule has 0 aromatic heterocycles. The molecular weight excluding hydrogens is 306 g/mol. The zero-order valence-electron chi connectivity index (χ0n) is 10.8. The lowest BCUT2D eigenvalue weighted by atomic mass is 10.2. The lowest BCUT2D eigenvalue weighted by Gasteiger charge is -2.07. The first-order valence-corrected chi connectivity index (χ1v) is 6.54. The smallest absolute Gasteiger partial charge is 0.162 e. The van der Waals surface area contributed by atoms with Gasteiger partial charge in [-0.1, -0.05) is 28.1 Å². The number of ether oxygens (including phenoxy) is 2. The SMILES string of the molecule is COc1ccc(N=Cc2ccc(Br)cc2)cc1OC. The molecule has 2 rings (SSSR count). The Bertz CT molecular complexity index is 579. The quantitative estimate of drug-likeness (QED) is 0.790. The number of halogens is 1. The van der Waals surface area contributed by atoms with Gasteiger partial charge in [0.05, 0.1) is 19.9 Å². The molecular formula is C15H14BrNO2. The summed E-state index contributed by atoms with van der Waals surface area (Å²) in [7, 11) is 3.22. The molecule has 0 bridgehead atoms. The Hall–Kier alpha value is -1.81. The summed E-state index contributed by atoms with van der Waals surface area (Å²) in [6.07, 6.45) is 1.81. The Balaban J connectivity index is 2.21. The second-order valence-electron chi connectivity index (χ2n) is 3.85. The molecule has 98 valence electrons. The largest absolute Gasteiger partial charge is 0.493 e. The van der Waals surface area contributed by atoms with Crippen LogP contribution >= 0.6 is 15.9 Å². The van der Waals surface area contributed by atoms with Crippen LogP contribution in [0, 0.1) is 0 Å². The number of hydrogen-bond acceptors (Lipinski definition) is 3. The van der Waals surface area contributed by atoms with Gasteiger partial charge in [-0.15, -0.1) is 0 Å². The van der Waals surface area contributed by atoms with Crippen LogP contribution in [0.1, 0.15) is 5.56 Å². The van der Waals surface area contributed by atoms with Gasteiger partial charge in [0.2, 0.25) is 0 Å². The highest BCUT2D eigenvalue weighted by molar-refractivity contribution is 9.10. The molecule has 0 N–H and O–H groups in total. The van der Waals surface area contributed by atoms with Gasteiger partial charge in [-0.05, 0) is 29.8 Å². The van der Waals surface area contributed by atoms with Crippen LogP contribution in [0.5, 0.6) is 11.5 Å². The molecule has 0 fully saturated rings. The maximum atomic E-state index is 5.24. The van der Waals surface area contributed by atoms with Crippen molar-refractivity contribution < 1.29 is 9.47 Å². The molecule has 0 aliphatic carbocycles. The fourth-order valence-corrected chi connectivity index (χ4v) is 1.87. The predicted octanol–water partition coefficient (Wildman–Crippen LogP) is 4.22. The maximum Gasteiger partial charge on any atom is 0.162 e. The molecule has 0 aliphatic heterocycles. The van der Waals surface area contributed by atoms with Crippen LogP contribution in [0.25, 0.3) is 0 Å². The van der Waals surface area contributed by atoms with E-state index in [9.17, 15) is 0 Å². The fourth-order valence-electron chi connectivity index (χ4n) is 1.60. The van der Waals surface area contributed by atoms with E-state index >= 15 is 0 Å². The molecule has 0 amide bonds. The van der Waals surface area contributed by atoms with E-state index in [0.29, 0.717) is 11.5 Å². The zero-order valence-corrected chi connectivity index (χ0v) is 12.3. The van der Waals surface area contributed by atoms with Crippen LogP contribution in [0.15, 0.2) is 51.9 Å². The average molecular weight is 320 g/mol. The predicted molar refractivity (Wildman–Crippen MR) is 80.9 cm³/mol. The van der Waals surface area contributed by atoms with Crippen molar-refractivity contribution in [1.29, 1.82) is 0 Å². The zero-order chi connectivity index (χ0) is 13.7. The van der Waals surface area contributed by atoms with Gasteiger partial charge < -0.3 is 9.47 Å². The topological polar surface area (TPSA) is 30.8 Å². The van der Waals surface area contributed by atoms with E-state index in [4.69, 9.17) is 9.47 Å². The maximum absolute atomic E-state index is 5.24. The molecule has 0 spiro atoms. The van der Waals surface area contributed by atoms with E-state index in [1.165, 1.54) is 0 Å². The summed E-state index contributed by atoms with van der Waals surface area (Å²) in [5.74, 6) is 1.37. The lowest BCUT2D eigenvalue weighted by Crippen LogP contribution is -1.89. The second-order valence-corrected chi connectivity index (χ2v) is 4.76. The minimum atomic E-state index is 0.674. The molecule has 0 atom stereocenters. The van der Waals surface area contributed by atoms with Crippen molar-refractivity contribution in [2.24, 2.45) is 4.99 Å². The Morgan fingerprint density at radius 3 is 2.26 bits per heavy atom. The van der Waals surface area contributed by atoms with Crippen molar-refractivity contribution in [2.75, 3.05) is 14.2 Å². The molecule has 0 unspecified atom stereocenters. The van der Waals surface area contributed by atoms with Crippen molar-refractivity contribution >= 4 is 27.8 Å². The minimum absolute atomic E-state index is 0.674. The van der Waals surface area contributed by atoms with E-state index in [2.05, 4.69) is 20.9 Å².